The molecule has 1 heterocycles. The van der Waals surface area contributed by atoms with Gasteiger partial charge in [-0.15, -0.1) is 0 Å². The molecule has 0 saturated carbocycles. The zero-order valence-electron chi connectivity index (χ0n) is 24.7. The van der Waals surface area contributed by atoms with E-state index in [-0.39, 0.29) is 0 Å². The first-order valence-electron chi connectivity index (χ1n) is 14.7. The van der Waals surface area contributed by atoms with Crippen molar-refractivity contribution in [3.63, 3.8) is 0 Å². The van der Waals surface area contributed by atoms with Gasteiger partial charge in [0.1, 0.15) is 0 Å². The van der Waals surface area contributed by atoms with Gasteiger partial charge >= 0.3 is 0 Å². The lowest BCUT2D eigenvalue weighted by molar-refractivity contribution is 0.390. The van der Waals surface area contributed by atoms with Crippen LogP contribution in [0.5, 0.6) is 0 Å². The highest BCUT2D eigenvalue weighted by Crippen LogP contribution is 2.29. The summed E-state index contributed by atoms with van der Waals surface area (Å²) >= 11 is 0. The minimum Gasteiger partial charge on any atom is -0.367 e. The quantitative estimate of drug-likeness (QED) is 0.169. The molecule has 0 aliphatic rings. The number of nitrogens with one attached hydrogen (secondary N) is 1. The van der Waals surface area contributed by atoms with Crippen molar-refractivity contribution in [2.45, 2.75) is 46.6 Å². The van der Waals surface area contributed by atoms with Crippen LogP contribution in [-0.4, -0.2) is 28.0 Å². The van der Waals surface area contributed by atoms with E-state index in [9.17, 15) is 0 Å². The summed E-state index contributed by atoms with van der Waals surface area (Å²) in [6, 6.07) is 34.3. The van der Waals surface area contributed by atoms with Gasteiger partial charge in [-0.05, 0) is 64.9 Å². The second-order valence-corrected chi connectivity index (χ2v) is 10.3. The predicted octanol–water partition coefficient (Wildman–Crippen LogP) is 9.39. The molecule has 0 radical (unpaired) electrons. The van der Waals surface area contributed by atoms with Crippen molar-refractivity contribution in [1.29, 1.82) is 0 Å². The van der Waals surface area contributed by atoms with Crippen molar-refractivity contribution in [3.05, 3.63) is 133 Å². The van der Waals surface area contributed by atoms with Crippen molar-refractivity contribution in [3.8, 4) is 11.1 Å². The van der Waals surface area contributed by atoms with Gasteiger partial charge in [0.15, 0.2) is 0 Å². The zero-order chi connectivity index (χ0) is 28.9. The number of unbranched alkanes of at least 4 members (excludes halogenated alkanes) is 1. The van der Waals surface area contributed by atoms with Crippen molar-refractivity contribution in [2.75, 3.05) is 18.4 Å². The molecule has 0 fully saturated rings. The SMILES string of the molecule is C=C(c1cccc2ccccc12)N(CCC)Cc1cc(-c2ccccc2)ccc1C.CCCCNc1ncccn1. The van der Waals surface area contributed by atoms with E-state index >= 15 is 0 Å². The van der Waals surface area contributed by atoms with Gasteiger partial charge in [0.05, 0.1) is 0 Å². The van der Waals surface area contributed by atoms with Crippen molar-refractivity contribution < 1.29 is 0 Å². The number of hydrogen-bond donors (Lipinski definition) is 1. The van der Waals surface area contributed by atoms with Gasteiger partial charge in [0.2, 0.25) is 5.95 Å². The van der Waals surface area contributed by atoms with Crippen LogP contribution in [0.4, 0.5) is 5.95 Å². The molecule has 0 bridgehead atoms. The lowest BCUT2D eigenvalue weighted by Crippen LogP contribution is -2.22. The summed E-state index contributed by atoms with van der Waals surface area (Å²) in [6.07, 6.45) is 6.92. The Bertz CT molecular complexity index is 1510. The van der Waals surface area contributed by atoms with Crippen molar-refractivity contribution >= 4 is 22.4 Å². The van der Waals surface area contributed by atoms with E-state index in [1.807, 2.05) is 6.07 Å². The number of rotatable bonds is 11. The summed E-state index contributed by atoms with van der Waals surface area (Å²) in [5.74, 6) is 0.723. The van der Waals surface area contributed by atoms with Crippen LogP contribution < -0.4 is 5.32 Å². The number of nitrogens with zero attached hydrogens (tertiary/aromatic N) is 3. The highest BCUT2D eigenvalue weighted by Gasteiger charge is 2.14. The van der Waals surface area contributed by atoms with E-state index in [2.05, 4.69) is 139 Å². The highest BCUT2D eigenvalue weighted by atomic mass is 15.1. The van der Waals surface area contributed by atoms with E-state index in [1.165, 1.54) is 45.0 Å². The van der Waals surface area contributed by atoms with Gasteiger partial charge in [-0.25, -0.2) is 9.97 Å². The zero-order valence-corrected chi connectivity index (χ0v) is 24.7. The minimum atomic E-state index is 0.723. The molecule has 4 aromatic carbocycles. The molecule has 0 unspecified atom stereocenters. The molecule has 0 amide bonds. The third-order valence-electron chi connectivity index (χ3n) is 7.17. The predicted molar refractivity (Wildman–Crippen MR) is 176 cm³/mol. The van der Waals surface area contributed by atoms with Gasteiger partial charge in [-0.1, -0.05) is 112 Å². The molecular formula is C37H42N4. The second kappa shape index (κ2) is 15.4. The lowest BCUT2D eigenvalue weighted by atomic mass is 9.98. The van der Waals surface area contributed by atoms with Gasteiger partial charge < -0.3 is 10.2 Å². The summed E-state index contributed by atoms with van der Waals surface area (Å²) in [7, 11) is 0. The van der Waals surface area contributed by atoms with Crippen LogP contribution in [-0.2, 0) is 6.54 Å². The molecular weight excluding hydrogens is 500 g/mol. The topological polar surface area (TPSA) is 41.0 Å². The Balaban J connectivity index is 0.000000296. The van der Waals surface area contributed by atoms with E-state index in [0.717, 1.165) is 44.1 Å². The number of fused-ring (bicyclic) bond motifs is 1. The number of anilines is 1. The molecule has 0 saturated heterocycles. The molecule has 0 aliphatic carbocycles. The van der Waals surface area contributed by atoms with Crippen LogP contribution in [0, 0.1) is 6.92 Å². The van der Waals surface area contributed by atoms with Crippen LogP contribution in [0.3, 0.4) is 0 Å². The summed E-state index contributed by atoms with van der Waals surface area (Å²) in [6.45, 7) is 13.9. The van der Waals surface area contributed by atoms with Crippen LogP contribution >= 0.6 is 0 Å². The Morgan fingerprint density at radius 1 is 0.780 bits per heavy atom. The Morgan fingerprint density at radius 3 is 2.27 bits per heavy atom. The van der Waals surface area contributed by atoms with E-state index in [0.29, 0.717) is 0 Å². The maximum atomic E-state index is 4.53. The third kappa shape index (κ3) is 8.28. The van der Waals surface area contributed by atoms with Gasteiger partial charge in [-0.2, -0.15) is 0 Å². The smallest absolute Gasteiger partial charge is 0.222 e. The average molecular weight is 543 g/mol. The maximum absolute atomic E-state index is 4.53. The van der Waals surface area contributed by atoms with Crippen LogP contribution in [0.2, 0.25) is 0 Å². The Hall–Kier alpha value is -4.44. The fraction of sp³-hybridized carbons (Fsp3) is 0.243. The Labute approximate surface area is 245 Å². The fourth-order valence-corrected chi connectivity index (χ4v) is 4.85. The summed E-state index contributed by atoms with van der Waals surface area (Å²) in [5.41, 5.74) is 7.52. The first-order valence-corrected chi connectivity index (χ1v) is 14.7. The maximum Gasteiger partial charge on any atom is 0.222 e. The van der Waals surface area contributed by atoms with Crippen LogP contribution in [0.1, 0.15) is 49.8 Å². The first kappa shape index (κ1) is 29.5. The van der Waals surface area contributed by atoms with Gasteiger partial charge in [0.25, 0.3) is 0 Å². The monoisotopic (exact) mass is 542 g/mol. The molecule has 5 rings (SSSR count). The van der Waals surface area contributed by atoms with Crippen molar-refractivity contribution in [2.24, 2.45) is 0 Å². The summed E-state index contributed by atoms with van der Waals surface area (Å²) in [4.78, 5) is 10.5. The molecule has 5 aromatic rings. The summed E-state index contributed by atoms with van der Waals surface area (Å²) < 4.78 is 0. The Morgan fingerprint density at radius 2 is 1.51 bits per heavy atom. The minimum absolute atomic E-state index is 0.723. The molecule has 41 heavy (non-hydrogen) atoms. The molecule has 210 valence electrons. The largest absolute Gasteiger partial charge is 0.367 e. The summed E-state index contributed by atoms with van der Waals surface area (Å²) in [5, 5.41) is 5.65. The van der Waals surface area contributed by atoms with E-state index < -0.39 is 0 Å². The standard InChI is InChI=1S/C29H29N.C8H13N3/c1-4-19-30(23(3)28-16-10-14-25-13-8-9-15-29(25)28)21-27-20-26(18-17-22(27)2)24-11-6-5-7-12-24;1-2-3-5-9-8-10-6-4-7-11-8/h5-18,20H,3-4,19,21H2,1-2H3;4,6-7H,2-3,5H2,1H3,(H,9,10,11). The molecule has 0 atom stereocenters. The number of benzene rings is 4. The highest BCUT2D eigenvalue weighted by molar-refractivity contribution is 5.93. The van der Waals surface area contributed by atoms with Crippen molar-refractivity contribution in [1.82, 2.24) is 14.9 Å². The van der Waals surface area contributed by atoms with E-state index in [4.69, 9.17) is 0 Å². The number of aromatic nitrogens is 2. The molecule has 4 heteroatoms. The Kier molecular flexibility index (Phi) is 11.1. The van der Waals surface area contributed by atoms with Gasteiger partial charge in [-0.3, -0.25) is 0 Å². The van der Waals surface area contributed by atoms with Crippen LogP contribution in [0.15, 0.2) is 116 Å². The first-order chi connectivity index (χ1) is 20.1. The van der Waals surface area contributed by atoms with Gasteiger partial charge in [0, 0.05) is 43.3 Å². The lowest BCUT2D eigenvalue weighted by Gasteiger charge is -2.28. The molecule has 1 aromatic heterocycles. The second-order valence-electron chi connectivity index (χ2n) is 10.3. The molecule has 0 spiro atoms. The molecule has 0 aliphatic heterocycles. The number of hydrogen-bond acceptors (Lipinski definition) is 4. The normalized spacial score (nSPS) is 10.5. The van der Waals surface area contributed by atoms with E-state index in [1.54, 1.807) is 12.4 Å². The van der Waals surface area contributed by atoms with Crippen LogP contribution in [0.25, 0.3) is 27.6 Å². The number of aryl methyl sites for hydroxylation is 1. The molecule has 1 N–H and O–H groups in total. The fourth-order valence-electron chi connectivity index (χ4n) is 4.85. The molecule has 4 nitrogen and oxygen atoms in total. The average Bonchev–Trinajstić information content (AvgIpc) is 3.02. The third-order valence-corrected chi connectivity index (χ3v) is 7.17.